The number of para-hydroxylation sites is 5. The predicted molar refractivity (Wildman–Crippen MR) is 489 cm³/mol. The summed E-state index contributed by atoms with van der Waals surface area (Å²) in [5.41, 5.74) is 22.8. The topological polar surface area (TPSA) is 301 Å². The molecule has 0 fully saturated rings. The van der Waals surface area contributed by atoms with Gasteiger partial charge in [0.05, 0.1) is 76.2 Å². The lowest BCUT2D eigenvalue weighted by Crippen LogP contribution is -2.22. The Morgan fingerprint density at radius 3 is 0.959 bits per heavy atom. The van der Waals surface area contributed by atoms with E-state index in [4.69, 9.17) is 23.2 Å². The van der Waals surface area contributed by atoms with E-state index in [1.807, 2.05) is 134 Å². The smallest absolute Gasteiger partial charge is 0.262 e. The SMILES string of the molecule is CCCc1c(C(C)C)[nH]c2nc3ccccc3n2c1=O.CCc1c(C(C)C)[nH]c2nc3c(C)cccc3n2c1=O.CCc1c(C(C)C)[nH]c2nc3cc(C)c(C)cc3n2c1=O.CCc1c(C(C)C)[nH]c2nc3cc(Cl)c(Cl)cc3n2c1=O.CCc1c(C(C)C)[nH]c2nc3cc(F)c(F)cc3n2c1=O.CCc1c(C(C)C)[nH]c2nc3ccccc3n2c1=O. The Labute approximate surface area is 711 Å². The minimum atomic E-state index is -0.991. The van der Waals surface area contributed by atoms with Crippen LogP contribution in [0.3, 0.4) is 0 Å². The molecule has 0 aliphatic rings. The van der Waals surface area contributed by atoms with Gasteiger partial charge in [0.15, 0.2) is 11.6 Å². The first-order valence-corrected chi connectivity index (χ1v) is 42.8. The predicted octanol–water partition coefficient (Wildman–Crippen LogP) is 20.1. The van der Waals surface area contributed by atoms with E-state index in [0.29, 0.717) is 74.1 Å². The van der Waals surface area contributed by atoms with Gasteiger partial charge in [-0.2, -0.15) is 0 Å². The molecule has 0 spiro atoms. The normalized spacial score (nSPS) is 11.9. The molecule has 12 heterocycles. The molecule has 0 amide bonds. The van der Waals surface area contributed by atoms with Gasteiger partial charge in [-0.05, 0) is 166 Å². The minimum Gasteiger partial charge on any atom is -0.328 e. The fourth-order valence-electron chi connectivity index (χ4n) is 16.3. The van der Waals surface area contributed by atoms with Gasteiger partial charge in [-0.1, -0.05) is 191 Å². The lowest BCUT2D eigenvalue weighted by Gasteiger charge is -2.12. The highest BCUT2D eigenvalue weighted by Gasteiger charge is 2.25. The Morgan fingerprint density at radius 2 is 0.582 bits per heavy atom. The number of aromatic amines is 6. The van der Waals surface area contributed by atoms with Crippen LogP contribution in [0.1, 0.15) is 251 Å². The number of hydrogen-bond donors (Lipinski definition) is 6. The zero-order valence-corrected chi connectivity index (χ0v) is 74.6. The second-order valence-corrected chi connectivity index (χ2v) is 33.7. The molecule has 12 aromatic heterocycles. The van der Waals surface area contributed by atoms with E-state index in [9.17, 15) is 37.5 Å². The van der Waals surface area contributed by atoms with Crippen LogP contribution in [0.5, 0.6) is 0 Å². The zero-order chi connectivity index (χ0) is 88.2. The van der Waals surface area contributed by atoms with Crippen molar-refractivity contribution >= 4 is 124 Å². The van der Waals surface area contributed by atoms with Crippen LogP contribution in [0.4, 0.5) is 8.78 Å². The number of nitrogens with one attached hydrogen (secondary N) is 6. The van der Waals surface area contributed by atoms with E-state index >= 15 is 0 Å². The van der Waals surface area contributed by atoms with Gasteiger partial charge in [0.2, 0.25) is 34.7 Å². The Bertz CT molecular complexity index is 7140. The maximum Gasteiger partial charge on any atom is 0.262 e. The fourth-order valence-corrected chi connectivity index (χ4v) is 16.7. The second-order valence-electron chi connectivity index (χ2n) is 32.9. The molecule has 6 N–H and O–H groups in total. The van der Waals surface area contributed by atoms with Crippen molar-refractivity contribution in [3.63, 3.8) is 0 Å². The third-order valence-electron chi connectivity index (χ3n) is 22.6. The fraction of sp³-hybridized carbons (Fsp3) is 0.362. The van der Waals surface area contributed by atoms with Crippen LogP contribution >= 0.6 is 23.2 Å². The lowest BCUT2D eigenvalue weighted by atomic mass is 10.0. The molecular weight excluding hydrogens is 1590 g/mol. The van der Waals surface area contributed by atoms with Crippen LogP contribution in [0.2, 0.25) is 10.0 Å². The number of hydrogen-bond acceptors (Lipinski definition) is 12. The Balaban J connectivity index is 0.000000126. The van der Waals surface area contributed by atoms with Crippen molar-refractivity contribution in [3.05, 3.63) is 271 Å². The van der Waals surface area contributed by atoms with Crippen molar-refractivity contribution in [2.24, 2.45) is 0 Å². The van der Waals surface area contributed by atoms with Crippen molar-refractivity contribution in [2.45, 2.75) is 226 Å². The molecule has 18 aromatic rings. The number of aromatic nitrogens is 18. The highest BCUT2D eigenvalue weighted by Crippen LogP contribution is 2.31. The molecule has 18 rings (SSSR count). The molecule has 122 heavy (non-hydrogen) atoms. The van der Waals surface area contributed by atoms with Gasteiger partial charge in [0.25, 0.3) is 33.4 Å². The van der Waals surface area contributed by atoms with Gasteiger partial charge in [0.1, 0.15) is 0 Å². The van der Waals surface area contributed by atoms with E-state index in [1.54, 1.807) is 34.1 Å². The molecule has 6 aromatic carbocycles. The molecule has 0 saturated heterocycles. The quantitative estimate of drug-likeness (QED) is 0.0628. The zero-order valence-electron chi connectivity index (χ0n) is 73.1. The third-order valence-corrected chi connectivity index (χ3v) is 23.3. The first-order valence-electron chi connectivity index (χ1n) is 42.1. The Hall–Kier alpha value is -12.2. The molecule has 636 valence electrons. The first-order chi connectivity index (χ1) is 58.1. The standard InChI is InChI=1S/C17H21N3O.2C16H19N3O.C15H15Cl2N3O.C15H15F2N3O.C15H17N3O/c1-6-12-15(9(2)3)19-17-18-13-7-10(4)11(5)8-14(13)20(17)16(12)21;1-5-11-13(9(2)3)17-16-18-14-10(4)7-6-8-12(14)19(16)15(11)20;1-4-7-11-14(10(2)3)18-16-17-12-8-5-6-9-13(12)19(16)15(11)20;2*1-4-8-13(7(2)3)19-15-18-11-5-9(16)10(17)6-12(11)20(15)14(8)21;1-4-10-13(9(2)3)17-15-16-11-7-5-6-8-12(11)18(15)14(10)19/h7-9H,6H2,1-5H3,(H,18,19);6-9H,5H2,1-4H3,(H,17,18);5-6,8-10H,4,7H2,1-3H3,(H,17,18);2*5-7H,4H2,1-3H3,(H,18,19);5-9H,4H2,1-3H3,(H,16,17). The van der Waals surface area contributed by atoms with Crippen LogP contribution in [-0.2, 0) is 38.5 Å². The lowest BCUT2D eigenvalue weighted by molar-refractivity contribution is 0.510. The average molecular weight is 1690 g/mol. The minimum absolute atomic E-state index is 0.0455. The molecule has 0 unspecified atom stereocenters. The van der Waals surface area contributed by atoms with Crippen LogP contribution in [0.25, 0.3) is 101 Å². The van der Waals surface area contributed by atoms with E-state index < -0.39 is 11.6 Å². The molecule has 0 radical (unpaired) electrons. The summed E-state index contributed by atoms with van der Waals surface area (Å²) in [5, 5.41) is 0.844. The number of halogens is 4. The Kier molecular flexibility index (Phi) is 25.5. The Morgan fingerprint density at radius 1 is 0.303 bits per heavy atom. The molecule has 0 aliphatic heterocycles. The number of aryl methyl sites for hydroxylation is 3. The molecule has 24 nitrogen and oxygen atoms in total. The summed E-state index contributed by atoms with van der Waals surface area (Å²) >= 11 is 12.1. The van der Waals surface area contributed by atoms with E-state index in [2.05, 4.69) is 150 Å². The molecule has 0 aliphatic carbocycles. The second kappa shape index (κ2) is 35.5. The molecule has 0 saturated carbocycles. The van der Waals surface area contributed by atoms with Crippen molar-refractivity contribution < 1.29 is 8.78 Å². The number of benzene rings is 6. The number of H-pyrrole nitrogens is 6. The highest BCUT2D eigenvalue weighted by molar-refractivity contribution is 6.42. The highest BCUT2D eigenvalue weighted by atomic mass is 35.5. The van der Waals surface area contributed by atoms with Crippen LogP contribution < -0.4 is 33.4 Å². The van der Waals surface area contributed by atoms with Gasteiger partial charge in [-0.25, -0.2) is 65.1 Å². The summed E-state index contributed by atoms with van der Waals surface area (Å²) in [5.74, 6) is 2.90. The van der Waals surface area contributed by atoms with E-state index in [-0.39, 0.29) is 79.9 Å². The van der Waals surface area contributed by atoms with Crippen molar-refractivity contribution in [1.82, 2.24) is 86.2 Å². The van der Waals surface area contributed by atoms with Gasteiger partial charge in [0, 0.05) is 79.7 Å². The van der Waals surface area contributed by atoms with Crippen molar-refractivity contribution in [3.8, 4) is 0 Å². The van der Waals surface area contributed by atoms with E-state index in [1.165, 1.54) is 15.5 Å². The third kappa shape index (κ3) is 16.1. The van der Waals surface area contributed by atoms with Gasteiger partial charge in [-0.15, -0.1) is 0 Å². The number of fused-ring (bicyclic) bond motifs is 18. The number of rotatable bonds is 13. The van der Waals surface area contributed by atoms with Crippen molar-refractivity contribution in [2.75, 3.05) is 0 Å². The van der Waals surface area contributed by atoms with Gasteiger partial charge >= 0.3 is 0 Å². The van der Waals surface area contributed by atoms with E-state index in [0.717, 1.165) is 156 Å². The summed E-state index contributed by atoms with van der Waals surface area (Å²) in [6, 6.07) is 30.9. The summed E-state index contributed by atoms with van der Waals surface area (Å²) in [4.78, 5) is 123. The summed E-state index contributed by atoms with van der Waals surface area (Å²) in [6.45, 7) is 43.0. The average Bonchev–Trinajstić information content (AvgIpc) is 1.62. The monoisotopic (exact) mass is 1690 g/mol. The largest absolute Gasteiger partial charge is 0.328 e. The summed E-state index contributed by atoms with van der Waals surface area (Å²) < 4.78 is 36.4. The van der Waals surface area contributed by atoms with Crippen molar-refractivity contribution in [1.29, 1.82) is 0 Å². The molecule has 28 heteroatoms. The van der Waals surface area contributed by atoms with Crippen LogP contribution in [0.15, 0.2) is 132 Å². The van der Waals surface area contributed by atoms with Crippen LogP contribution in [0, 0.1) is 32.4 Å². The first kappa shape index (κ1) is 87.7. The maximum absolute atomic E-state index is 13.4. The van der Waals surface area contributed by atoms with Gasteiger partial charge < -0.3 is 29.9 Å². The van der Waals surface area contributed by atoms with Gasteiger partial charge in [-0.3, -0.25) is 28.8 Å². The number of nitrogens with zero attached hydrogens (tertiary/aromatic N) is 12. The summed E-state index contributed by atoms with van der Waals surface area (Å²) in [7, 11) is 0. The van der Waals surface area contributed by atoms with Crippen LogP contribution in [-0.4, -0.2) is 86.2 Å². The molecule has 0 bridgehead atoms. The summed E-state index contributed by atoms with van der Waals surface area (Å²) in [6.07, 6.45) is 5.16. The number of imidazole rings is 6. The maximum atomic E-state index is 13.4. The molecule has 0 atom stereocenters. The molecular formula is C94H106Cl2F2N18O6.